The maximum Gasteiger partial charge on any atom is 0.417 e. The lowest BCUT2D eigenvalue weighted by molar-refractivity contribution is -0.154. The number of hydrogen-bond acceptors (Lipinski definition) is 4. The van der Waals surface area contributed by atoms with Crippen molar-refractivity contribution >= 4 is 17.6 Å². The van der Waals surface area contributed by atoms with Crippen LogP contribution in [0.5, 0.6) is 0 Å². The van der Waals surface area contributed by atoms with Crippen molar-refractivity contribution < 1.29 is 27.5 Å². The SMILES string of the molecule is CCc1ccc(NC(=O)C(C)OC(=O)Cn2cc(C(F)(F)F)ccc2=O)cc1. The van der Waals surface area contributed by atoms with Gasteiger partial charge in [0.2, 0.25) is 0 Å². The summed E-state index contributed by atoms with van der Waals surface area (Å²) in [7, 11) is 0. The molecule has 0 aliphatic rings. The predicted molar refractivity (Wildman–Crippen MR) is 95.7 cm³/mol. The zero-order chi connectivity index (χ0) is 20.9. The summed E-state index contributed by atoms with van der Waals surface area (Å²) in [5, 5.41) is 2.57. The second-order valence-corrected chi connectivity index (χ2v) is 6.05. The molecule has 2 aromatic rings. The number of alkyl halides is 3. The van der Waals surface area contributed by atoms with Crippen LogP contribution in [-0.4, -0.2) is 22.5 Å². The topological polar surface area (TPSA) is 77.4 Å². The number of pyridine rings is 1. The average molecular weight is 396 g/mol. The Morgan fingerprint density at radius 1 is 1.14 bits per heavy atom. The smallest absolute Gasteiger partial charge is 0.417 e. The molecule has 0 saturated carbocycles. The molecule has 1 heterocycles. The zero-order valence-electron chi connectivity index (χ0n) is 15.2. The molecule has 0 aliphatic carbocycles. The number of carbonyl (C=O) groups excluding carboxylic acids is 2. The molecular formula is C19H19F3N2O4. The van der Waals surface area contributed by atoms with Crippen LogP contribution in [0.3, 0.4) is 0 Å². The van der Waals surface area contributed by atoms with Crippen molar-refractivity contribution in [2.24, 2.45) is 0 Å². The van der Waals surface area contributed by atoms with Gasteiger partial charge < -0.3 is 14.6 Å². The highest BCUT2D eigenvalue weighted by atomic mass is 19.4. The Labute approximate surface area is 158 Å². The van der Waals surface area contributed by atoms with E-state index in [1.54, 1.807) is 12.1 Å². The number of aromatic nitrogens is 1. The van der Waals surface area contributed by atoms with E-state index in [2.05, 4.69) is 5.32 Å². The number of rotatable bonds is 6. The fourth-order valence-electron chi connectivity index (χ4n) is 2.32. The number of amides is 1. The van der Waals surface area contributed by atoms with Crippen LogP contribution < -0.4 is 10.9 Å². The lowest BCUT2D eigenvalue weighted by Gasteiger charge is -2.15. The Kier molecular flexibility index (Phi) is 6.61. The molecule has 0 spiro atoms. The molecule has 1 amide bonds. The number of halogens is 3. The summed E-state index contributed by atoms with van der Waals surface area (Å²) < 4.78 is 43.7. The van der Waals surface area contributed by atoms with Crippen LogP contribution in [0.4, 0.5) is 18.9 Å². The Balaban J connectivity index is 1.98. The van der Waals surface area contributed by atoms with Crippen LogP contribution >= 0.6 is 0 Å². The molecule has 2 rings (SSSR count). The third-order valence-corrected chi connectivity index (χ3v) is 3.92. The van der Waals surface area contributed by atoms with Gasteiger partial charge in [0.05, 0.1) is 5.56 Å². The standard InChI is InChI=1S/C19H19F3N2O4/c1-3-13-4-7-15(8-5-13)23-18(27)12(2)28-17(26)11-24-10-14(19(20,21)22)6-9-16(24)25/h4-10,12H,3,11H2,1-2H3,(H,23,27). The van der Waals surface area contributed by atoms with Gasteiger partial charge >= 0.3 is 12.1 Å². The van der Waals surface area contributed by atoms with Gasteiger partial charge in [-0.05, 0) is 37.1 Å². The number of carbonyl (C=O) groups is 2. The largest absolute Gasteiger partial charge is 0.451 e. The monoisotopic (exact) mass is 396 g/mol. The number of nitrogens with one attached hydrogen (secondary N) is 1. The van der Waals surface area contributed by atoms with Crippen molar-refractivity contribution in [1.82, 2.24) is 4.57 Å². The molecule has 150 valence electrons. The first-order valence-corrected chi connectivity index (χ1v) is 8.47. The first kappa shape index (κ1) is 21.2. The molecule has 9 heteroatoms. The van der Waals surface area contributed by atoms with Crippen molar-refractivity contribution in [3.8, 4) is 0 Å². The molecule has 0 bridgehead atoms. The second kappa shape index (κ2) is 8.73. The van der Waals surface area contributed by atoms with Crippen LogP contribution in [0.2, 0.25) is 0 Å². The third-order valence-electron chi connectivity index (χ3n) is 3.92. The van der Waals surface area contributed by atoms with Crippen LogP contribution in [-0.2, 0) is 33.5 Å². The molecule has 6 nitrogen and oxygen atoms in total. The molecule has 0 radical (unpaired) electrons. The van der Waals surface area contributed by atoms with E-state index >= 15 is 0 Å². The predicted octanol–water partition coefficient (Wildman–Crippen LogP) is 3.00. The summed E-state index contributed by atoms with van der Waals surface area (Å²) in [6.45, 7) is 2.57. The molecule has 1 aromatic carbocycles. The molecule has 28 heavy (non-hydrogen) atoms. The van der Waals surface area contributed by atoms with Gasteiger partial charge in [-0.25, -0.2) is 0 Å². The number of nitrogens with zero attached hydrogens (tertiary/aromatic N) is 1. The van der Waals surface area contributed by atoms with Crippen molar-refractivity contribution in [2.45, 2.75) is 39.1 Å². The van der Waals surface area contributed by atoms with Gasteiger partial charge in [-0.3, -0.25) is 14.4 Å². The van der Waals surface area contributed by atoms with Crippen molar-refractivity contribution in [1.29, 1.82) is 0 Å². The van der Waals surface area contributed by atoms with Gasteiger partial charge in [-0.15, -0.1) is 0 Å². The minimum atomic E-state index is -4.65. The van der Waals surface area contributed by atoms with E-state index in [9.17, 15) is 27.6 Å². The van der Waals surface area contributed by atoms with Gasteiger partial charge in [0.25, 0.3) is 11.5 Å². The summed E-state index contributed by atoms with van der Waals surface area (Å²) in [6, 6.07) is 8.43. The van der Waals surface area contributed by atoms with E-state index in [4.69, 9.17) is 4.74 Å². The van der Waals surface area contributed by atoms with Gasteiger partial charge in [-0.2, -0.15) is 13.2 Å². The van der Waals surface area contributed by atoms with E-state index in [-0.39, 0.29) is 0 Å². The molecule has 1 aromatic heterocycles. The number of esters is 1. The zero-order valence-corrected chi connectivity index (χ0v) is 15.2. The molecule has 1 atom stereocenters. The summed E-state index contributed by atoms with van der Waals surface area (Å²) >= 11 is 0. The highest BCUT2D eigenvalue weighted by Crippen LogP contribution is 2.28. The second-order valence-electron chi connectivity index (χ2n) is 6.05. The minimum absolute atomic E-state index is 0.513. The van der Waals surface area contributed by atoms with Gasteiger partial charge in [0.1, 0.15) is 6.54 Å². The first-order valence-electron chi connectivity index (χ1n) is 8.47. The molecular weight excluding hydrogens is 377 g/mol. The van der Waals surface area contributed by atoms with Gasteiger partial charge in [0, 0.05) is 18.0 Å². The quantitative estimate of drug-likeness (QED) is 0.762. The maximum atomic E-state index is 12.7. The average Bonchev–Trinajstić information content (AvgIpc) is 2.63. The van der Waals surface area contributed by atoms with Crippen LogP contribution in [0, 0.1) is 0 Å². The van der Waals surface area contributed by atoms with Crippen molar-refractivity contribution in [3.63, 3.8) is 0 Å². The molecule has 0 saturated heterocycles. The molecule has 0 aliphatic heterocycles. The first-order chi connectivity index (χ1) is 13.1. The highest BCUT2D eigenvalue weighted by molar-refractivity contribution is 5.95. The van der Waals surface area contributed by atoms with E-state index < -0.39 is 41.8 Å². The maximum absolute atomic E-state index is 12.7. The molecule has 1 unspecified atom stereocenters. The van der Waals surface area contributed by atoms with E-state index in [0.717, 1.165) is 12.0 Å². The Bertz CT molecular complexity index is 905. The number of hydrogen-bond donors (Lipinski definition) is 1. The number of benzene rings is 1. The molecule has 0 fully saturated rings. The molecule has 1 N–H and O–H groups in total. The lowest BCUT2D eigenvalue weighted by Crippen LogP contribution is -2.33. The fraction of sp³-hybridized carbons (Fsp3) is 0.316. The van der Waals surface area contributed by atoms with Crippen LogP contribution in [0.25, 0.3) is 0 Å². The van der Waals surface area contributed by atoms with E-state index in [1.807, 2.05) is 19.1 Å². The van der Waals surface area contributed by atoms with Crippen LogP contribution in [0.1, 0.15) is 25.0 Å². The summed E-state index contributed by atoms with van der Waals surface area (Å²) in [4.78, 5) is 35.7. The summed E-state index contributed by atoms with van der Waals surface area (Å²) in [5.74, 6) is -1.61. The Morgan fingerprint density at radius 2 is 1.79 bits per heavy atom. The number of anilines is 1. The third kappa shape index (κ3) is 5.70. The Hall–Kier alpha value is -3.10. The van der Waals surface area contributed by atoms with Crippen molar-refractivity contribution in [3.05, 3.63) is 64.1 Å². The summed E-state index contributed by atoms with van der Waals surface area (Å²) in [5.41, 5.74) is -0.262. The highest BCUT2D eigenvalue weighted by Gasteiger charge is 2.31. The van der Waals surface area contributed by atoms with E-state index in [0.29, 0.717) is 28.6 Å². The van der Waals surface area contributed by atoms with Crippen LogP contribution in [0.15, 0.2) is 47.4 Å². The fourth-order valence-corrected chi connectivity index (χ4v) is 2.32. The van der Waals surface area contributed by atoms with Gasteiger partial charge in [-0.1, -0.05) is 19.1 Å². The van der Waals surface area contributed by atoms with E-state index in [1.165, 1.54) is 6.92 Å². The van der Waals surface area contributed by atoms with Crippen molar-refractivity contribution in [2.75, 3.05) is 5.32 Å². The minimum Gasteiger partial charge on any atom is -0.451 e. The Morgan fingerprint density at radius 3 is 2.36 bits per heavy atom. The summed E-state index contributed by atoms with van der Waals surface area (Å²) in [6.07, 6.45) is -4.47. The van der Waals surface area contributed by atoms with Gasteiger partial charge in [0.15, 0.2) is 6.10 Å². The normalized spacial score (nSPS) is 12.3. The lowest BCUT2D eigenvalue weighted by atomic mass is 10.1. The number of ether oxygens (including phenoxy) is 1. The number of aryl methyl sites for hydroxylation is 1.